The molecule has 1 saturated heterocycles. The fourth-order valence-corrected chi connectivity index (χ4v) is 5.50. The molecule has 1 N–H and O–H groups in total. The van der Waals surface area contributed by atoms with Crippen molar-refractivity contribution in [2.45, 2.75) is 42.4 Å². The molecule has 156 valence electrons. The Morgan fingerprint density at radius 3 is 2.03 bits per heavy atom. The molecule has 0 unspecified atom stereocenters. The van der Waals surface area contributed by atoms with Crippen LogP contribution in [0.2, 0.25) is 0 Å². The molecule has 0 spiro atoms. The molecule has 9 heteroatoms. The van der Waals surface area contributed by atoms with Crippen molar-refractivity contribution in [2.75, 3.05) is 13.1 Å². The highest BCUT2D eigenvalue weighted by Gasteiger charge is 2.30. The van der Waals surface area contributed by atoms with E-state index in [2.05, 4.69) is 0 Å². The van der Waals surface area contributed by atoms with E-state index in [1.165, 1.54) is 22.5 Å². The number of sulfonamides is 2. The molecular formula is C20H24N2O5S2. The van der Waals surface area contributed by atoms with Crippen LogP contribution < -0.4 is 4.72 Å². The number of carbonyl (C=O) groups excluding carboxylic acids is 1. The van der Waals surface area contributed by atoms with Crippen LogP contribution in [0.25, 0.3) is 0 Å². The molecule has 7 nitrogen and oxygen atoms in total. The monoisotopic (exact) mass is 436 g/mol. The third-order valence-electron chi connectivity index (χ3n) is 4.81. The molecule has 0 atom stereocenters. The van der Waals surface area contributed by atoms with E-state index < -0.39 is 26.0 Å². The number of rotatable bonds is 5. The van der Waals surface area contributed by atoms with Crippen LogP contribution in [0.5, 0.6) is 0 Å². The second-order valence-corrected chi connectivity index (χ2v) is 11.6. The van der Waals surface area contributed by atoms with E-state index in [1.54, 1.807) is 24.3 Å². The van der Waals surface area contributed by atoms with E-state index in [4.69, 9.17) is 0 Å². The van der Waals surface area contributed by atoms with Gasteiger partial charge in [0.2, 0.25) is 10.0 Å². The number of benzene rings is 2. The Balaban J connectivity index is 1.82. The van der Waals surface area contributed by atoms with Gasteiger partial charge in [0, 0.05) is 18.7 Å². The van der Waals surface area contributed by atoms with Crippen LogP contribution in [0.3, 0.4) is 0 Å². The first kappa shape index (κ1) is 21.5. The highest BCUT2D eigenvalue weighted by atomic mass is 32.2. The molecule has 2 aromatic carbocycles. The summed E-state index contributed by atoms with van der Waals surface area (Å²) in [5, 5.41) is 0. The first-order valence-corrected chi connectivity index (χ1v) is 12.1. The van der Waals surface area contributed by atoms with E-state index >= 15 is 0 Å². The number of hydrogen-bond acceptors (Lipinski definition) is 5. The molecule has 1 fully saturated rings. The van der Waals surface area contributed by atoms with Gasteiger partial charge in [-0.15, -0.1) is 0 Å². The van der Waals surface area contributed by atoms with Crippen LogP contribution >= 0.6 is 0 Å². The Morgan fingerprint density at radius 1 is 0.931 bits per heavy atom. The molecule has 0 aliphatic carbocycles. The van der Waals surface area contributed by atoms with E-state index in [1.807, 2.05) is 25.5 Å². The molecule has 0 radical (unpaired) electrons. The molecule has 3 rings (SSSR count). The van der Waals surface area contributed by atoms with Gasteiger partial charge in [0.05, 0.1) is 9.79 Å². The third kappa shape index (κ3) is 4.52. The van der Waals surface area contributed by atoms with Gasteiger partial charge in [0.25, 0.3) is 15.9 Å². The molecular weight excluding hydrogens is 412 g/mol. The molecule has 0 saturated carbocycles. The van der Waals surface area contributed by atoms with Gasteiger partial charge >= 0.3 is 0 Å². The highest BCUT2D eigenvalue weighted by molar-refractivity contribution is 7.90. The molecule has 0 aromatic heterocycles. The largest absolute Gasteiger partial charge is 0.268 e. The smallest absolute Gasteiger partial charge is 0.264 e. The van der Waals surface area contributed by atoms with Gasteiger partial charge < -0.3 is 0 Å². The van der Waals surface area contributed by atoms with Gasteiger partial charge in [0.15, 0.2) is 0 Å². The molecule has 1 aliphatic rings. The van der Waals surface area contributed by atoms with Crippen molar-refractivity contribution in [1.29, 1.82) is 0 Å². The first-order chi connectivity index (χ1) is 13.4. The number of amides is 1. The number of nitrogens with zero attached hydrogens (tertiary/aromatic N) is 1. The molecule has 1 aliphatic heterocycles. The zero-order valence-electron chi connectivity index (χ0n) is 16.5. The van der Waals surface area contributed by atoms with Gasteiger partial charge in [-0.1, -0.05) is 39.0 Å². The van der Waals surface area contributed by atoms with Crippen molar-refractivity contribution >= 4 is 26.0 Å². The van der Waals surface area contributed by atoms with Crippen molar-refractivity contribution < 1.29 is 21.6 Å². The van der Waals surface area contributed by atoms with Crippen molar-refractivity contribution in [2.24, 2.45) is 0 Å². The summed E-state index contributed by atoms with van der Waals surface area (Å²) in [4.78, 5) is 12.0. The van der Waals surface area contributed by atoms with Crippen molar-refractivity contribution in [3.8, 4) is 0 Å². The fraction of sp³-hybridized carbons (Fsp3) is 0.350. The van der Waals surface area contributed by atoms with Gasteiger partial charge in [-0.25, -0.2) is 21.6 Å². The summed E-state index contributed by atoms with van der Waals surface area (Å²) in [5.74, 6) is -0.776. The summed E-state index contributed by atoms with van der Waals surface area (Å²) in [5.41, 5.74) is 1.12. The Morgan fingerprint density at radius 2 is 1.52 bits per heavy atom. The van der Waals surface area contributed by atoms with Crippen LogP contribution in [0.1, 0.15) is 43.1 Å². The van der Waals surface area contributed by atoms with Crippen LogP contribution in [0.4, 0.5) is 0 Å². The Hall–Kier alpha value is -2.23. The maximum Gasteiger partial charge on any atom is 0.264 e. The zero-order chi connectivity index (χ0) is 21.4. The zero-order valence-corrected chi connectivity index (χ0v) is 18.2. The summed E-state index contributed by atoms with van der Waals surface area (Å²) in [6.07, 6.45) is 0.779. The first-order valence-electron chi connectivity index (χ1n) is 9.19. The van der Waals surface area contributed by atoms with Crippen LogP contribution in [-0.2, 0) is 25.5 Å². The van der Waals surface area contributed by atoms with Crippen LogP contribution in [0, 0.1) is 0 Å². The third-order valence-corrected chi connectivity index (χ3v) is 8.03. The van der Waals surface area contributed by atoms with Crippen LogP contribution in [0.15, 0.2) is 58.3 Å². The second kappa shape index (κ2) is 7.55. The van der Waals surface area contributed by atoms with E-state index in [-0.39, 0.29) is 20.8 Å². The normalized spacial score (nSPS) is 15.6. The second-order valence-electron chi connectivity index (χ2n) is 7.99. The Labute approximate surface area is 171 Å². The summed E-state index contributed by atoms with van der Waals surface area (Å²) < 4.78 is 53.6. The maximum absolute atomic E-state index is 12.6. The lowest BCUT2D eigenvalue weighted by atomic mass is 9.87. The molecule has 29 heavy (non-hydrogen) atoms. The standard InChI is InChI=1S/C20H24N2O5S2/c1-20(2,3)16-10-8-15(9-11-16)19(23)21-28(24,25)17-6-4-7-18(14-17)29(26,27)22-12-5-13-22/h4,6-11,14H,5,12-13H2,1-3H3,(H,21,23). The molecule has 1 heterocycles. The van der Waals surface area contributed by atoms with Crippen LogP contribution in [-0.4, -0.2) is 40.1 Å². The van der Waals surface area contributed by atoms with Gasteiger partial charge in [-0.2, -0.15) is 4.31 Å². The minimum atomic E-state index is -4.23. The predicted octanol–water partition coefficient (Wildman–Crippen LogP) is 2.50. The SMILES string of the molecule is CC(C)(C)c1ccc(C(=O)NS(=O)(=O)c2cccc(S(=O)(=O)N3CCC3)c2)cc1. The molecule has 0 bridgehead atoms. The van der Waals surface area contributed by atoms with E-state index in [9.17, 15) is 21.6 Å². The minimum absolute atomic E-state index is 0.0938. The number of hydrogen-bond donors (Lipinski definition) is 1. The summed E-state index contributed by atoms with van der Waals surface area (Å²) in [6, 6.07) is 11.7. The Kier molecular flexibility index (Phi) is 5.59. The van der Waals surface area contributed by atoms with Crippen molar-refractivity contribution in [3.05, 3.63) is 59.7 Å². The Bertz CT molecular complexity index is 1130. The average molecular weight is 437 g/mol. The number of nitrogens with one attached hydrogen (secondary N) is 1. The highest BCUT2D eigenvalue weighted by Crippen LogP contribution is 2.24. The lowest BCUT2D eigenvalue weighted by molar-refractivity contribution is 0.0981. The fourth-order valence-electron chi connectivity index (χ4n) is 2.84. The maximum atomic E-state index is 12.6. The van der Waals surface area contributed by atoms with E-state index in [0.29, 0.717) is 13.1 Å². The van der Waals surface area contributed by atoms with Gasteiger partial charge in [0.1, 0.15) is 0 Å². The summed E-state index contributed by atoms with van der Waals surface area (Å²) in [7, 11) is -7.95. The van der Waals surface area contributed by atoms with E-state index in [0.717, 1.165) is 18.1 Å². The number of carbonyl (C=O) groups is 1. The average Bonchev–Trinajstić information content (AvgIpc) is 2.59. The van der Waals surface area contributed by atoms with Crippen molar-refractivity contribution in [3.63, 3.8) is 0 Å². The quantitative estimate of drug-likeness (QED) is 0.776. The molecule has 1 amide bonds. The van der Waals surface area contributed by atoms with Gasteiger partial charge in [-0.3, -0.25) is 4.79 Å². The molecule has 2 aromatic rings. The summed E-state index contributed by atoms with van der Waals surface area (Å²) in [6.45, 7) is 6.94. The van der Waals surface area contributed by atoms with Gasteiger partial charge in [-0.05, 0) is 47.7 Å². The minimum Gasteiger partial charge on any atom is -0.268 e. The summed E-state index contributed by atoms with van der Waals surface area (Å²) >= 11 is 0. The predicted molar refractivity (Wildman–Crippen MR) is 110 cm³/mol. The topological polar surface area (TPSA) is 101 Å². The van der Waals surface area contributed by atoms with Crippen molar-refractivity contribution in [1.82, 2.24) is 9.03 Å². The lowest BCUT2D eigenvalue weighted by Gasteiger charge is -2.29. The lowest BCUT2D eigenvalue weighted by Crippen LogP contribution is -2.42.